The zero-order chi connectivity index (χ0) is 13.7. The Bertz CT molecular complexity index is 563. The van der Waals surface area contributed by atoms with Crippen LogP contribution in [0.4, 0.5) is 0 Å². The van der Waals surface area contributed by atoms with Gasteiger partial charge in [-0.3, -0.25) is 14.4 Å². The highest BCUT2D eigenvalue weighted by Gasteiger charge is 2.18. The molecular formula is C14H14N2O3. The number of rotatable bonds is 5. The van der Waals surface area contributed by atoms with Crippen LogP contribution in [-0.2, 0) is 23.3 Å². The Hall–Kier alpha value is -2.40. The number of amides is 2. The van der Waals surface area contributed by atoms with Gasteiger partial charge in [-0.15, -0.1) is 0 Å². The predicted octanol–water partition coefficient (Wildman–Crippen LogP) is 1.76. The first kappa shape index (κ1) is 13.0. The second-order valence-corrected chi connectivity index (χ2v) is 4.00. The quantitative estimate of drug-likeness (QED) is 0.606. The fourth-order valence-electron chi connectivity index (χ4n) is 1.65. The Balaban J connectivity index is 2.03. The van der Waals surface area contributed by atoms with Gasteiger partial charge in [-0.2, -0.15) is 5.06 Å². The van der Waals surface area contributed by atoms with E-state index in [9.17, 15) is 9.59 Å². The molecule has 1 heterocycles. The monoisotopic (exact) mass is 258 g/mol. The van der Waals surface area contributed by atoms with Crippen molar-refractivity contribution in [2.75, 3.05) is 0 Å². The summed E-state index contributed by atoms with van der Waals surface area (Å²) < 4.78 is 1.63. The summed E-state index contributed by atoms with van der Waals surface area (Å²) in [6.45, 7) is 0.162. The van der Waals surface area contributed by atoms with Crippen LogP contribution in [0.1, 0.15) is 16.1 Å². The Morgan fingerprint density at radius 1 is 1.26 bits per heavy atom. The van der Waals surface area contributed by atoms with Gasteiger partial charge in [0.05, 0.1) is 0 Å². The Kier molecular flexibility index (Phi) is 4.10. The minimum Gasteiger partial charge on any atom is -0.347 e. The lowest BCUT2D eigenvalue weighted by Gasteiger charge is -2.15. The zero-order valence-corrected chi connectivity index (χ0v) is 10.5. The molecule has 98 valence electrons. The van der Waals surface area contributed by atoms with E-state index in [2.05, 4.69) is 0 Å². The number of hydrogen-bond donors (Lipinski definition) is 0. The fourth-order valence-corrected chi connectivity index (χ4v) is 1.65. The number of aryl methyl sites for hydroxylation is 1. The lowest BCUT2D eigenvalue weighted by atomic mass is 10.2. The molecule has 1 aromatic carbocycles. The number of nitrogens with zero attached hydrogens (tertiary/aromatic N) is 2. The average Bonchev–Trinajstić information content (AvgIpc) is 2.86. The van der Waals surface area contributed by atoms with Crippen LogP contribution >= 0.6 is 0 Å². The standard InChI is InChI=1S/C14H14N2O3/c1-15-9-5-8-13(15)14(18)16(11-17)19-10-12-6-3-2-4-7-12/h2-9,11H,10H2,1H3. The maximum absolute atomic E-state index is 12.0. The first-order chi connectivity index (χ1) is 9.22. The Morgan fingerprint density at radius 2 is 2.00 bits per heavy atom. The van der Waals surface area contributed by atoms with Gasteiger partial charge >= 0.3 is 5.91 Å². The van der Waals surface area contributed by atoms with Crippen molar-refractivity contribution in [3.63, 3.8) is 0 Å². The van der Waals surface area contributed by atoms with E-state index in [1.54, 1.807) is 29.9 Å². The van der Waals surface area contributed by atoms with Crippen LogP contribution in [0.3, 0.4) is 0 Å². The molecule has 0 unspecified atom stereocenters. The smallest absolute Gasteiger partial charge is 0.301 e. The van der Waals surface area contributed by atoms with Gasteiger partial charge in [-0.1, -0.05) is 30.3 Å². The highest BCUT2D eigenvalue weighted by Crippen LogP contribution is 2.07. The molecule has 0 atom stereocenters. The van der Waals surface area contributed by atoms with Crippen molar-refractivity contribution in [3.8, 4) is 0 Å². The summed E-state index contributed by atoms with van der Waals surface area (Å²) in [5.41, 5.74) is 1.27. The SMILES string of the molecule is Cn1cccc1C(=O)N(C=O)OCc1ccccc1. The van der Waals surface area contributed by atoms with Crippen LogP contribution in [0.15, 0.2) is 48.7 Å². The lowest BCUT2D eigenvalue weighted by molar-refractivity contribution is -0.159. The van der Waals surface area contributed by atoms with Crippen molar-refractivity contribution in [2.24, 2.45) is 7.05 Å². The van der Waals surface area contributed by atoms with Gasteiger partial charge in [0, 0.05) is 13.2 Å². The molecule has 0 aliphatic carbocycles. The van der Waals surface area contributed by atoms with Crippen molar-refractivity contribution in [3.05, 3.63) is 59.9 Å². The molecule has 0 aliphatic heterocycles. The molecular weight excluding hydrogens is 244 g/mol. The Morgan fingerprint density at radius 3 is 2.58 bits per heavy atom. The number of imide groups is 1. The van der Waals surface area contributed by atoms with Crippen molar-refractivity contribution in [1.29, 1.82) is 0 Å². The number of benzene rings is 1. The van der Waals surface area contributed by atoms with Crippen LogP contribution in [0.5, 0.6) is 0 Å². The average molecular weight is 258 g/mol. The van der Waals surface area contributed by atoms with E-state index < -0.39 is 5.91 Å². The molecule has 0 fully saturated rings. The topological polar surface area (TPSA) is 51.5 Å². The van der Waals surface area contributed by atoms with E-state index in [1.165, 1.54) is 0 Å². The van der Waals surface area contributed by atoms with Gasteiger partial charge < -0.3 is 4.57 Å². The normalized spacial score (nSPS) is 10.2. The molecule has 0 saturated heterocycles. The molecule has 0 bridgehead atoms. The maximum atomic E-state index is 12.0. The highest BCUT2D eigenvalue weighted by molar-refractivity contribution is 5.97. The summed E-state index contributed by atoms with van der Waals surface area (Å²) in [6, 6.07) is 12.7. The predicted molar refractivity (Wildman–Crippen MR) is 68.9 cm³/mol. The van der Waals surface area contributed by atoms with E-state index in [4.69, 9.17) is 4.84 Å². The lowest BCUT2D eigenvalue weighted by Crippen LogP contribution is -2.31. The Labute approximate surface area is 111 Å². The number of hydrogen-bond acceptors (Lipinski definition) is 3. The first-order valence-corrected chi connectivity index (χ1v) is 5.79. The molecule has 0 radical (unpaired) electrons. The molecule has 0 saturated carbocycles. The molecule has 5 nitrogen and oxygen atoms in total. The third-order valence-electron chi connectivity index (χ3n) is 2.67. The molecule has 0 spiro atoms. The van der Waals surface area contributed by atoms with Crippen LogP contribution in [-0.4, -0.2) is 21.9 Å². The molecule has 2 aromatic rings. The van der Waals surface area contributed by atoms with Crippen LogP contribution in [0.25, 0.3) is 0 Å². The minimum atomic E-state index is -0.488. The van der Waals surface area contributed by atoms with Gasteiger partial charge in [0.1, 0.15) is 12.3 Å². The van der Waals surface area contributed by atoms with Gasteiger partial charge in [-0.05, 0) is 17.7 Å². The summed E-state index contributed by atoms with van der Waals surface area (Å²) >= 11 is 0. The molecule has 2 rings (SSSR count). The fraction of sp³-hybridized carbons (Fsp3) is 0.143. The van der Waals surface area contributed by atoms with E-state index in [0.717, 1.165) is 5.56 Å². The molecule has 0 N–H and O–H groups in total. The third-order valence-corrected chi connectivity index (χ3v) is 2.67. The summed E-state index contributed by atoms with van der Waals surface area (Å²) in [7, 11) is 1.73. The molecule has 5 heteroatoms. The van der Waals surface area contributed by atoms with Crippen LogP contribution in [0.2, 0.25) is 0 Å². The van der Waals surface area contributed by atoms with Crippen molar-refractivity contribution in [1.82, 2.24) is 9.63 Å². The van der Waals surface area contributed by atoms with Gasteiger partial charge in [0.15, 0.2) is 0 Å². The maximum Gasteiger partial charge on any atom is 0.301 e. The third kappa shape index (κ3) is 3.08. The number of hydroxylamine groups is 2. The second kappa shape index (κ2) is 5.97. The molecule has 0 aliphatic rings. The molecule has 2 amide bonds. The largest absolute Gasteiger partial charge is 0.347 e. The van der Waals surface area contributed by atoms with Crippen LogP contribution in [0, 0.1) is 0 Å². The number of carbonyl (C=O) groups is 2. The number of aromatic nitrogens is 1. The van der Waals surface area contributed by atoms with Crippen molar-refractivity contribution in [2.45, 2.75) is 6.61 Å². The first-order valence-electron chi connectivity index (χ1n) is 5.79. The summed E-state index contributed by atoms with van der Waals surface area (Å²) in [4.78, 5) is 28.2. The van der Waals surface area contributed by atoms with Gasteiger partial charge in [0.25, 0.3) is 0 Å². The molecule has 19 heavy (non-hydrogen) atoms. The van der Waals surface area contributed by atoms with Crippen molar-refractivity contribution >= 4 is 12.3 Å². The number of carbonyl (C=O) groups excluding carboxylic acids is 2. The van der Waals surface area contributed by atoms with E-state index >= 15 is 0 Å². The second-order valence-electron chi connectivity index (χ2n) is 4.00. The van der Waals surface area contributed by atoms with E-state index in [1.807, 2.05) is 30.3 Å². The minimum absolute atomic E-state index is 0.162. The summed E-state index contributed by atoms with van der Waals surface area (Å²) in [6.07, 6.45) is 2.10. The van der Waals surface area contributed by atoms with E-state index in [-0.39, 0.29) is 6.61 Å². The summed E-state index contributed by atoms with van der Waals surface area (Å²) in [5.74, 6) is -0.488. The zero-order valence-electron chi connectivity index (χ0n) is 10.5. The van der Waals surface area contributed by atoms with Crippen molar-refractivity contribution < 1.29 is 14.4 Å². The van der Waals surface area contributed by atoms with Gasteiger partial charge in [-0.25, -0.2) is 0 Å². The summed E-state index contributed by atoms with van der Waals surface area (Å²) in [5, 5.41) is 0.711. The van der Waals surface area contributed by atoms with Crippen LogP contribution < -0.4 is 0 Å². The molecule has 1 aromatic heterocycles. The van der Waals surface area contributed by atoms with E-state index in [0.29, 0.717) is 17.2 Å². The van der Waals surface area contributed by atoms with Gasteiger partial charge in [0.2, 0.25) is 6.41 Å². The highest BCUT2D eigenvalue weighted by atomic mass is 16.7.